The highest BCUT2D eigenvalue weighted by atomic mass is 79.9. The molecule has 0 aliphatic carbocycles. The summed E-state index contributed by atoms with van der Waals surface area (Å²) in [5.41, 5.74) is 0.664. The van der Waals surface area contributed by atoms with Crippen LogP contribution < -0.4 is 4.74 Å². The summed E-state index contributed by atoms with van der Waals surface area (Å²) in [5.74, 6) is 0.131. The van der Waals surface area contributed by atoms with E-state index in [1.54, 1.807) is 12.1 Å². The predicted molar refractivity (Wildman–Crippen MR) is 71.5 cm³/mol. The third-order valence-electron chi connectivity index (χ3n) is 2.47. The van der Waals surface area contributed by atoms with E-state index in [1.807, 2.05) is 0 Å². The molecule has 98 valence electrons. The number of hydrogen-bond donors (Lipinski definition) is 0. The lowest BCUT2D eigenvalue weighted by Crippen LogP contribution is -1.98. The summed E-state index contributed by atoms with van der Waals surface area (Å²) in [4.78, 5) is 10.0. The highest BCUT2D eigenvalue weighted by Crippen LogP contribution is 2.23. The number of nitro benzene ring substituents is 1. The minimum absolute atomic E-state index is 0.000661. The Morgan fingerprint density at radius 2 is 1.89 bits per heavy atom. The van der Waals surface area contributed by atoms with Gasteiger partial charge in [0.05, 0.1) is 9.40 Å². The summed E-state index contributed by atoms with van der Waals surface area (Å²) in [5, 5.41) is 10.5. The largest absolute Gasteiger partial charge is 0.489 e. The molecule has 0 spiro atoms. The fraction of sp³-hybridized carbons (Fsp3) is 0.0769. The minimum Gasteiger partial charge on any atom is -0.489 e. The van der Waals surface area contributed by atoms with Crippen molar-refractivity contribution < 1.29 is 14.1 Å². The SMILES string of the molecule is O=[N+]([O-])c1ccc(OCc2cccc(F)c2Br)cc1. The summed E-state index contributed by atoms with van der Waals surface area (Å²) < 4.78 is 19.1. The van der Waals surface area contributed by atoms with Gasteiger partial charge in [-0.05, 0) is 34.1 Å². The zero-order valence-electron chi connectivity index (χ0n) is 9.68. The Morgan fingerprint density at radius 1 is 1.21 bits per heavy atom. The number of nitro groups is 1. The maximum atomic E-state index is 13.3. The first-order valence-corrected chi connectivity index (χ1v) is 6.17. The predicted octanol–water partition coefficient (Wildman–Crippen LogP) is 4.08. The summed E-state index contributed by atoms with van der Waals surface area (Å²) in [6.45, 7) is 0.177. The third-order valence-corrected chi connectivity index (χ3v) is 3.36. The Bertz CT molecular complexity index is 601. The Labute approximate surface area is 117 Å². The lowest BCUT2D eigenvalue weighted by molar-refractivity contribution is -0.384. The Morgan fingerprint density at radius 3 is 2.53 bits per heavy atom. The molecular formula is C13H9BrFNO3. The fourth-order valence-corrected chi connectivity index (χ4v) is 1.86. The number of nitrogens with zero attached hydrogens (tertiary/aromatic N) is 1. The van der Waals surface area contributed by atoms with Crippen LogP contribution in [0, 0.1) is 15.9 Å². The van der Waals surface area contributed by atoms with Gasteiger partial charge in [0.25, 0.3) is 5.69 Å². The van der Waals surface area contributed by atoms with Gasteiger partial charge in [0, 0.05) is 17.7 Å². The first kappa shape index (κ1) is 13.5. The van der Waals surface area contributed by atoms with E-state index in [0.29, 0.717) is 15.8 Å². The van der Waals surface area contributed by atoms with Crippen LogP contribution in [0.3, 0.4) is 0 Å². The molecule has 0 aliphatic heterocycles. The van der Waals surface area contributed by atoms with Crippen molar-refractivity contribution in [2.45, 2.75) is 6.61 Å². The van der Waals surface area contributed by atoms with Gasteiger partial charge >= 0.3 is 0 Å². The van der Waals surface area contributed by atoms with Gasteiger partial charge in [0.2, 0.25) is 0 Å². The zero-order valence-corrected chi connectivity index (χ0v) is 11.3. The van der Waals surface area contributed by atoms with Crippen molar-refractivity contribution in [2.75, 3.05) is 0 Å². The minimum atomic E-state index is -0.479. The summed E-state index contributed by atoms with van der Waals surface area (Å²) >= 11 is 3.14. The molecule has 0 aromatic heterocycles. The molecule has 0 saturated carbocycles. The van der Waals surface area contributed by atoms with Gasteiger partial charge in [0.15, 0.2) is 0 Å². The second kappa shape index (κ2) is 5.79. The van der Waals surface area contributed by atoms with Gasteiger partial charge in [-0.3, -0.25) is 10.1 Å². The molecule has 0 heterocycles. The van der Waals surface area contributed by atoms with Crippen molar-refractivity contribution in [3.8, 4) is 5.75 Å². The molecule has 0 fully saturated rings. The number of rotatable bonds is 4. The molecule has 2 aromatic rings. The van der Waals surface area contributed by atoms with Crippen molar-refractivity contribution in [3.63, 3.8) is 0 Å². The molecule has 2 aromatic carbocycles. The molecule has 0 unspecified atom stereocenters. The highest BCUT2D eigenvalue weighted by Gasteiger charge is 2.07. The summed E-state index contributed by atoms with van der Waals surface area (Å²) in [6, 6.07) is 10.4. The number of hydrogen-bond acceptors (Lipinski definition) is 3. The van der Waals surface area contributed by atoms with Crippen LogP contribution in [-0.4, -0.2) is 4.92 Å². The number of benzene rings is 2. The van der Waals surface area contributed by atoms with Crippen LogP contribution in [0.4, 0.5) is 10.1 Å². The Kier molecular flexibility index (Phi) is 4.11. The van der Waals surface area contributed by atoms with Gasteiger partial charge in [-0.15, -0.1) is 0 Å². The van der Waals surface area contributed by atoms with Gasteiger partial charge in [-0.2, -0.15) is 0 Å². The molecule has 0 saturated heterocycles. The second-order valence-corrected chi connectivity index (χ2v) is 4.55. The Hall–Kier alpha value is -1.95. The molecule has 0 bridgehead atoms. The smallest absolute Gasteiger partial charge is 0.269 e. The lowest BCUT2D eigenvalue weighted by Gasteiger charge is -2.08. The molecule has 0 amide bonds. The standard InChI is InChI=1S/C13H9BrFNO3/c14-13-9(2-1-3-12(13)15)8-19-11-6-4-10(5-7-11)16(17)18/h1-7H,8H2. The lowest BCUT2D eigenvalue weighted by atomic mass is 10.2. The van der Waals surface area contributed by atoms with Crippen LogP contribution in [0.25, 0.3) is 0 Å². The van der Waals surface area contributed by atoms with Gasteiger partial charge in [-0.25, -0.2) is 4.39 Å². The van der Waals surface area contributed by atoms with Gasteiger partial charge in [-0.1, -0.05) is 12.1 Å². The first-order valence-electron chi connectivity index (χ1n) is 5.38. The van der Waals surface area contributed by atoms with E-state index in [9.17, 15) is 14.5 Å². The molecule has 0 aliphatic rings. The van der Waals surface area contributed by atoms with Crippen molar-refractivity contribution in [1.29, 1.82) is 0 Å². The van der Waals surface area contributed by atoms with Crippen molar-refractivity contribution in [3.05, 3.63) is 68.4 Å². The normalized spacial score (nSPS) is 10.2. The molecule has 19 heavy (non-hydrogen) atoms. The van der Waals surface area contributed by atoms with Gasteiger partial charge in [0.1, 0.15) is 18.2 Å². The van der Waals surface area contributed by atoms with Crippen LogP contribution in [0.1, 0.15) is 5.56 Å². The number of halogens is 2. The van der Waals surface area contributed by atoms with Crippen LogP contribution in [0.2, 0.25) is 0 Å². The van der Waals surface area contributed by atoms with E-state index in [-0.39, 0.29) is 18.1 Å². The van der Waals surface area contributed by atoms with E-state index >= 15 is 0 Å². The zero-order chi connectivity index (χ0) is 13.8. The van der Waals surface area contributed by atoms with Crippen LogP contribution in [-0.2, 0) is 6.61 Å². The van der Waals surface area contributed by atoms with Crippen molar-refractivity contribution in [1.82, 2.24) is 0 Å². The van der Waals surface area contributed by atoms with E-state index in [1.165, 1.54) is 30.3 Å². The van der Waals surface area contributed by atoms with Crippen molar-refractivity contribution in [2.24, 2.45) is 0 Å². The molecule has 6 heteroatoms. The fourth-order valence-electron chi connectivity index (χ4n) is 1.49. The summed E-state index contributed by atoms with van der Waals surface area (Å²) in [7, 11) is 0. The second-order valence-electron chi connectivity index (χ2n) is 3.75. The molecule has 2 rings (SSSR count). The van der Waals surface area contributed by atoms with E-state index < -0.39 is 4.92 Å². The topological polar surface area (TPSA) is 52.4 Å². The highest BCUT2D eigenvalue weighted by molar-refractivity contribution is 9.10. The van der Waals surface area contributed by atoms with E-state index in [4.69, 9.17) is 4.74 Å². The van der Waals surface area contributed by atoms with Crippen LogP contribution >= 0.6 is 15.9 Å². The molecule has 0 N–H and O–H groups in total. The molecule has 0 radical (unpaired) electrons. The Balaban J connectivity index is 2.06. The van der Waals surface area contributed by atoms with Crippen LogP contribution in [0.5, 0.6) is 5.75 Å². The first-order chi connectivity index (χ1) is 9.08. The number of ether oxygens (including phenoxy) is 1. The monoisotopic (exact) mass is 325 g/mol. The van der Waals surface area contributed by atoms with Crippen molar-refractivity contribution >= 4 is 21.6 Å². The van der Waals surface area contributed by atoms with Gasteiger partial charge < -0.3 is 4.74 Å². The summed E-state index contributed by atoms with van der Waals surface area (Å²) in [6.07, 6.45) is 0. The molecular weight excluding hydrogens is 317 g/mol. The van der Waals surface area contributed by atoms with E-state index in [2.05, 4.69) is 15.9 Å². The third kappa shape index (κ3) is 3.29. The average molecular weight is 326 g/mol. The maximum Gasteiger partial charge on any atom is 0.269 e. The van der Waals surface area contributed by atoms with E-state index in [0.717, 1.165) is 0 Å². The molecule has 0 atom stereocenters. The quantitative estimate of drug-likeness (QED) is 0.628. The average Bonchev–Trinajstić information content (AvgIpc) is 2.41. The molecule has 4 nitrogen and oxygen atoms in total. The number of non-ortho nitro benzene ring substituents is 1. The maximum absolute atomic E-state index is 13.3. The van der Waals surface area contributed by atoms with Crippen LogP contribution in [0.15, 0.2) is 46.9 Å².